The normalized spacial score (nSPS) is 10.0. The maximum Gasteiger partial charge on any atom is 0.0757 e. The van der Waals surface area contributed by atoms with Gasteiger partial charge in [-0.3, -0.25) is 26.1 Å². The van der Waals surface area contributed by atoms with Crippen molar-refractivity contribution >= 4 is 7.32 Å². The van der Waals surface area contributed by atoms with E-state index < -0.39 is 7.32 Å². The Morgan fingerprint density at radius 1 is 0.314 bits per heavy atom. The average molecular weight is 530 g/mol. The topological polar surface area (TPSA) is 69.2 Å². The summed E-state index contributed by atoms with van der Waals surface area (Å²) in [5.74, 6) is 0. The Bertz CT molecular complexity index is 262. The van der Waals surface area contributed by atoms with E-state index in [1.54, 1.807) is 0 Å². The molecule has 0 N–H and O–H groups in total. The molecule has 0 aromatic carbocycles. The molecule has 0 saturated heterocycles. The van der Waals surface area contributed by atoms with Crippen molar-refractivity contribution in [3.05, 3.63) is 0 Å². The van der Waals surface area contributed by atoms with E-state index in [-0.39, 0.29) is 18.8 Å². The van der Waals surface area contributed by atoms with Crippen molar-refractivity contribution in [2.45, 2.75) is 83.1 Å². The summed E-state index contributed by atoms with van der Waals surface area (Å²) in [4.78, 5) is 0. The highest BCUT2D eigenvalue weighted by Gasteiger charge is 2.17. The van der Waals surface area contributed by atoms with Crippen LogP contribution in [-0.2, 0) is 0 Å². The Balaban J connectivity index is -0.0000000459. The molecule has 0 spiro atoms. The van der Waals surface area contributed by atoms with E-state index >= 15 is 0 Å². The summed E-state index contributed by atoms with van der Waals surface area (Å²) >= 11 is 0. The Morgan fingerprint density at radius 2 is 0.371 bits per heavy atom. The zero-order chi connectivity index (χ0) is 25.6. The molecule has 0 saturated carbocycles. The van der Waals surface area contributed by atoms with Crippen LogP contribution in [0.4, 0.5) is 18.8 Å². The second-order valence-corrected chi connectivity index (χ2v) is 8.11. The molecule has 0 atom stereocenters. The SMILES string of the molecule is CC[N+](CC)(CC)CC.CC[N+](CC)(CC)CC.CC[N+](CC)(CC)CC.F.F.F.F.[O-]B([O-])[O-]. The lowest BCUT2D eigenvalue weighted by atomic mass is 10.3. The molecule has 0 bridgehead atoms. The zero-order valence-electron chi connectivity index (χ0n) is 25.3. The number of rotatable bonds is 12. The fraction of sp³-hybridized carbons (Fsp3) is 1.00. The number of hydrogen-bond acceptors (Lipinski definition) is 3. The number of halogens is 4. The molecule has 0 heterocycles. The van der Waals surface area contributed by atoms with Crippen LogP contribution in [0.2, 0.25) is 0 Å². The predicted molar refractivity (Wildman–Crippen MR) is 143 cm³/mol. The van der Waals surface area contributed by atoms with Crippen molar-refractivity contribution in [3.8, 4) is 0 Å². The van der Waals surface area contributed by atoms with Gasteiger partial charge in [0.2, 0.25) is 0 Å². The molecule has 0 aromatic heterocycles. The number of nitrogens with zero attached hydrogens (tertiary/aromatic N) is 3. The van der Waals surface area contributed by atoms with Crippen LogP contribution < -0.4 is 15.1 Å². The lowest BCUT2D eigenvalue weighted by molar-refractivity contribution is -0.921. The molecule has 224 valence electrons. The minimum atomic E-state index is -2.92. The third-order valence-corrected chi connectivity index (χ3v) is 8.05. The van der Waals surface area contributed by atoms with Crippen molar-refractivity contribution in [2.75, 3.05) is 78.5 Å². The first-order valence-electron chi connectivity index (χ1n) is 13.0. The maximum absolute atomic E-state index is 8.42. The first kappa shape index (κ1) is 55.2. The first-order valence-corrected chi connectivity index (χ1v) is 13.0. The molecule has 11 heteroatoms. The Kier molecular flexibility index (Phi) is 52.9. The van der Waals surface area contributed by atoms with E-state index in [2.05, 4.69) is 83.1 Å². The second kappa shape index (κ2) is 33.5. The summed E-state index contributed by atoms with van der Waals surface area (Å²) in [7, 11) is -2.92. The van der Waals surface area contributed by atoms with Crippen LogP contribution in [0.15, 0.2) is 0 Å². The molecule has 0 aromatic rings. The molecule has 0 amide bonds. The summed E-state index contributed by atoms with van der Waals surface area (Å²) in [5, 5.41) is 25.2. The Hall–Kier alpha value is -0.455. The van der Waals surface area contributed by atoms with E-state index in [4.69, 9.17) is 15.1 Å². The highest BCUT2D eigenvalue weighted by molar-refractivity contribution is 6.24. The van der Waals surface area contributed by atoms with Gasteiger partial charge >= 0.3 is 0 Å². The highest BCUT2D eigenvalue weighted by atomic mass is 19.0. The first-order chi connectivity index (χ1) is 14.5. The van der Waals surface area contributed by atoms with Crippen molar-refractivity contribution in [2.24, 2.45) is 0 Å². The van der Waals surface area contributed by atoms with Gasteiger partial charge in [0.05, 0.1) is 78.5 Å². The maximum atomic E-state index is 8.42. The van der Waals surface area contributed by atoms with E-state index in [1.807, 2.05) is 0 Å². The van der Waals surface area contributed by atoms with Crippen LogP contribution in [0.1, 0.15) is 83.1 Å². The molecule has 0 rings (SSSR count). The lowest BCUT2D eigenvalue weighted by Gasteiger charge is -2.35. The minimum Gasteiger partial charge on any atom is -0.907 e. The zero-order valence-corrected chi connectivity index (χ0v) is 25.3. The molecule has 6 nitrogen and oxygen atoms in total. The molecule has 0 aliphatic rings. The lowest BCUT2D eigenvalue weighted by Crippen LogP contribution is -2.56. The van der Waals surface area contributed by atoms with Crippen molar-refractivity contribution in [3.63, 3.8) is 0 Å². The van der Waals surface area contributed by atoms with Crippen LogP contribution in [0.5, 0.6) is 0 Å². The van der Waals surface area contributed by atoms with Crippen LogP contribution in [0.25, 0.3) is 0 Å². The van der Waals surface area contributed by atoms with Crippen molar-refractivity contribution < 1.29 is 47.3 Å². The van der Waals surface area contributed by atoms with Gasteiger partial charge in [0.25, 0.3) is 0 Å². The van der Waals surface area contributed by atoms with Crippen molar-refractivity contribution in [1.82, 2.24) is 0 Å². The van der Waals surface area contributed by atoms with E-state index in [0.717, 1.165) is 0 Å². The summed E-state index contributed by atoms with van der Waals surface area (Å²) in [5.41, 5.74) is 0. The molecular weight excluding hydrogens is 465 g/mol. The van der Waals surface area contributed by atoms with Crippen LogP contribution in [0, 0.1) is 0 Å². The Labute approximate surface area is 216 Å². The van der Waals surface area contributed by atoms with Crippen LogP contribution in [-0.4, -0.2) is 99.3 Å². The van der Waals surface area contributed by atoms with Gasteiger partial charge in [0.1, 0.15) is 0 Å². The molecule has 0 radical (unpaired) electrons. The van der Waals surface area contributed by atoms with Gasteiger partial charge in [-0.25, -0.2) is 0 Å². The summed E-state index contributed by atoms with van der Waals surface area (Å²) in [6.07, 6.45) is 0. The smallest absolute Gasteiger partial charge is 0.0757 e. The second-order valence-electron chi connectivity index (χ2n) is 8.11. The predicted octanol–water partition coefficient (Wildman–Crippen LogP) is 2.31. The average Bonchev–Trinajstić information content (AvgIpc) is 2.80. The Morgan fingerprint density at radius 3 is 0.371 bits per heavy atom. The third kappa shape index (κ3) is 26.4. The third-order valence-electron chi connectivity index (χ3n) is 8.05. The quantitative estimate of drug-likeness (QED) is 0.221. The summed E-state index contributed by atoms with van der Waals surface area (Å²) < 4.78 is 3.83. The molecule has 0 unspecified atom stereocenters. The van der Waals surface area contributed by atoms with Crippen LogP contribution in [0.3, 0.4) is 0 Å². The van der Waals surface area contributed by atoms with Crippen LogP contribution >= 0.6 is 0 Å². The molecule has 35 heavy (non-hydrogen) atoms. The monoisotopic (exact) mass is 529 g/mol. The van der Waals surface area contributed by atoms with Gasteiger partial charge in [-0.15, -0.1) is 0 Å². The summed E-state index contributed by atoms with van der Waals surface area (Å²) in [6, 6.07) is 0. The standard InChI is InChI=1S/3C8H20N.BO3.4FH/c3*1-5-9(6-2,7-3)8-4;2-1(3)4;;;;/h3*5-8H2,1-4H3;;4*1H/q3*+1;-3;;;;. The number of hydrogen-bond donors (Lipinski definition) is 0. The fourth-order valence-corrected chi connectivity index (χ4v) is 4.02. The largest absolute Gasteiger partial charge is 0.907 e. The summed E-state index contributed by atoms with van der Waals surface area (Å²) in [6.45, 7) is 42.7. The van der Waals surface area contributed by atoms with Gasteiger partial charge in [0, 0.05) is 0 Å². The minimum absolute atomic E-state index is 0. The highest BCUT2D eigenvalue weighted by Crippen LogP contribution is 2.04. The number of quaternary nitrogens is 3. The molecule has 0 fully saturated rings. The van der Waals surface area contributed by atoms with E-state index in [9.17, 15) is 0 Å². The fourth-order valence-electron chi connectivity index (χ4n) is 4.02. The van der Waals surface area contributed by atoms with Gasteiger partial charge in [-0.05, 0) is 83.1 Å². The van der Waals surface area contributed by atoms with Gasteiger partial charge in [0.15, 0.2) is 0 Å². The molecule has 0 aliphatic heterocycles. The molecular formula is C24H64BF4N3O3. The van der Waals surface area contributed by atoms with E-state index in [1.165, 1.54) is 92.0 Å². The van der Waals surface area contributed by atoms with Gasteiger partial charge < -0.3 is 28.5 Å². The molecule has 0 aliphatic carbocycles. The van der Waals surface area contributed by atoms with Crippen molar-refractivity contribution in [1.29, 1.82) is 0 Å². The van der Waals surface area contributed by atoms with Gasteiger partial charge in [-0.2, -0.15) is 0 Å². The van der Waals surface area contributed by atoms with E-state index in [0.29, 0.717) is 0 Å². The van der Waals surface area contributed by atoms with Gasteiger partial charge in [-0.1, -0.05) is 0 Å².